The monoisotopic (exact) mass is 202 g/mol. The summed E-state index contributed by atoms with van der Waals surface area (Å²) in [5.41, 5.74) is 3.26. The second kappa shape index (κ2) is 3.47. The lowest BCUT2D eigenvalue weighted by Gasteiger charge is -2.30. The molecule has 0 aromatic heterocycles. The van der Waals surface area contributed by atoms with Gasteiger partial charge in [0.05, 0.1) is 11.7 Å². The lowest BCUT2D eigenvalue weighted by molar-refractivity contribution is 0.225. The molecule has 0 saturated carbocycles. The van der Waals surface area contributed by atoms with Crippen LogP contribution in [0, 0.1) is 25.2 Å². The van der Waals surface area contributed by atoms with Gasteiger partial charge in [0.25, 0.3) is 0 Å². The number of nitriles is 1. The highest BCUT2D eigenvalue weighted by molar-refractivity contribution is 5.64. The predicted octanol–water partition coefficient (Wildman–Crippen LogP) is 2.39. The number of anilines is 1. The van der Waals surface area contributed by atoms with E-state index in [9.17, 15) is 0 Å². The van der Waals surface area contributed by atoms with E-state index in [1.54, 1.807) is 0 Å². The van der Waals surface area contributed by atoms with Gasteiger partial charge in [-0.25, -0.2) is 0 Å². The maximum atomic E-state index is 8.92. The van der Waals surface area contributed by atoms with Crippen molar-refractivity contribution in [1.82, 2.24) is 0 Å². The van der Waals surface area contributed by atoms with Crippen molar-refractivity contribution in [2.75, 3.05) is 5.32 Å². The van der Waals surface area contributed by atoms with Crippen molar-refractivity contribution in [3.05, 3.63) is 23.3 Å². The molecule has 1 heterocycles. The topological polar surface area (TPSA) is 45.0 Å². The van der Waals surface area contributed by atoms with Crippen LogP contribution >= 0.6 is 0 Å². The van der Waals surface area contributed by atoms with Crippen LogP contribution in [-0.4, -0.2) is 12.1 Å². The van der Waals surface area contributed by atoms with Crippen molar-refractivity contribution in [3.8, 4) is 11.8 Å². The highest BCUT2D eigenvalue weighted by Crippen LogP contribution is 2.35. The summed E-state index contributed by atoms with van der Waals surface area (Å²) in [7, 11) is 0. The van der Waals surface area contributed by atoms with E-state index in [0.29, 0.717) is 0 Å². The largest absolute Gasteiger partial charge is 0.471 e. The normalized spacial score (nSPS) is 23.3. The molecule has 15 heavy (non-hydrogen) atoms. The molecule has 78 valence electrons. The zero-order valence-corrected chi connectivity index (χ0v) is 9.16. The molecule has 2 unspecified atom stereocenters. The molecular weight excluding hydrogens is 188 g/mol. The van der Waals surface area contributed by atoms with Gasteiger partial charge in [-0.1, -0.05) is 6.07 Å². The molecule has 1 aromatic carbocycles. The molecule has 3 heteroatoms. The number of nitrogens with one attached hydrogen (secondary N) is 1. The molecular formula is C12H14N2O. The molecule has 0 aliphatic carbocycles. The first kappa shape index (κ1) is 9.85. The Morgan fingerprint density at radius 2 is 2.13 bits per heavy atom. The number of fused-ring (bicyclic) bond motifs is 1. The number of nitrogens with zero attached hydrogens (tertiary/aromatic N) is 1. The van der Waals surface area contributed by atoms with Crippen molar-refractivity contribution in [2.24, 2.45) is 0 Å². The first-order valence-electron chi connectivity index (χ1n) is 5.06. The standard InChI is InChI=1S/C12H14N2O/c1-7-4-8(2)12-10(5-7)14-9(3)11(6-13)15-12/h4-5,9,11,14H,1-3H3. The fourth-order valence-electron chi connectivity index (χ4n) is 1.91. The van der Waals surface area contributed by atoms with Gasteiger partial charge in [-0.15, -0.1) is 0 Å². The van der Waals surface area contributed by atoms with Gasteiger partial charge in [0, 0.05) is 0 Å². The minimum atomic E-state index is -0.404. The summed E-state index contributed by atoms with van der Waals surface area (Å²) in [5, 5.41) is 12.2. The SMILES string of the molecule is Cc1cc(C)c2c(c1)NC(C)C(C#N)O2. The van der Waals surface area contributed by atoms with Crippen LogP contribution in [-0.2, 0) is 0 Å². The second-order valence-corrected chi connectivity index (χ2v) is 4.06. The summed E-state index contributed by atoms with van der Waals surface area (Å²) >= 11 is 0. The molecule has 0 fully saturated rings. The van der Waals surface area contributed by atoms with Crippen LogP contribution < -0.4 is 10.1 Å². The van der Waals surface area contributed by atoms with Gasteiger partial charge in [-0.2, -0.15) is 5.26 Å². The number of hydrogen-bond acceptors (Lipinski definition) is 3. The minimum absolute atomic E-state index is 0.0312. The van der Waals surface area contributed by atoms with E-state index in [-0.39, 0.29) is 6.04 Å². The summed E-state index contributed by atoms with van der Waals surface area (Å²) < 4.78 is 5.66. The van der Waals surface area contributed by atoms with Crippen LogP contribution in [0.25, 0.3) is 0 Å². The van der Waals surface area contributed by atoms with Gasteiger partial charge in [-0.3, -0.25) is 0 Å². The van der Waals surface area contributed by atoms with E-state index in [1.807, 2.05) is 19.9 Å². The van der Waals surface area contributed by atoms with Crippen molar-refractivity contribution in [2.45, 2.75) is 32.9 Å². The lowest BCUT2D eigenvalue weighted by Crippen LogP contribution is -2.38. The van der Waals surface area contributed by atoms with Gasteiger partial charge >= 0.3 is 0 Å². The molecule has 0 radical (unpaired) electrons. The van der Waals surface area contributed by atoms with E-state index < -0.39 is 6.10 Å². The highest BCUT2D eigenvalue weighted by atomic mass is 16.5. The summed E-state index contributed by atoms with van der Waals surface area (Å²) in [5.74, 6) is 0.810. The van der Waals surface area contributed by atoms with Gasteiger partial charge < -0.3 is 10.1 Å². The van der Waals surface area contributed by atoms with E-state index in [1.165, 1.54) is 5.56 Å². The van der Waals surface area contributed by atoms with Crippen LogP contribution in [0.3, 0.4) is 0 Å². The highest BCUT2D eigenvalue weighted by Gasteiger charge is 2.26. The van der Waals surface area contributed by atoms with Gasteiger partial charge in [0.15, 0.2) is 0 Å². The fourth-order valence-corrected chi connectivity index (χ4v) is 1.91. The Morgan fingerprint density at radius 1 is 1.40 bits per heavy atom. The van der Waals surface area contributed by atoms with Crippen molar-refractivity contribution < 1.29 is 4.74 Å². The van der Waals surface area contributed by atoms with E-state index in [4.69, 9.17) is 10.00 Å². The van der Waals surface area contributed by atoms with E-state index >= 15 is 0 Å². The van der Waals surface area contributed by atoms with Crippen molar-refractivity contribution in [1.29, 1.82) is 5.26 Å². The third-order valence-electron chi connectivity index (χ3n) is 2.63. The number of hydrogen-bond donors (Lipinski definition) is 1. The molecule has 3 nitrogen and oxygen atoms in total. The summed E-state index contributed by atoms with van der Waals surface area (Å²) in [6, 6.07) is 6.29. The zero-order chi connectivity index (χ0) is 11.0. The fraction of sp³-hybridized carbons (Fsp3) is 0.417. The number of benzene rings is 1. The molecule has 2 atom stereocenters. The maximum absolute atomic E-state index is 8.92. The Morgan fingerprint density at radius 3 is 2.80 bits per heavy atom. The summed E-state index contributed by atoms with van der Waals surface area (Å²) in [6.07, 6.45) is -0.404. The van der Waals surface area contributed by atoms with Crippen LogP contribution in [0.4, 0.5) is 5.69 Å². The molecule has 1 aromatic rings. The molecule has 2 rings (SSSR count). The van der Waals surface area contributed by atoms with Crippen LogP contribution in [0.5, 0.6) is 5.75 Å². The van der Waals surface area contributed by atoms with E-state index in [0.717, 1.165) is 17.0 Å². The van der Waals surface area contributed by atoms with Gasteiger partial charge in [0.1, 0.15) is 11.8 Å². The first-order chi connectivity index (χ1) is 7.11. The zero-order valence-electron chi connectivity index (χ0n) is 9.16. The maximum Gasteiger partial charge on any atom is 0.204 e. The molecule has 1 aliphatic rings. The average molecular weight is 202 g/mol. The van der Waals surface area contributed by atoms with Crippen molar-refractivity contribution in [3.63, 3.8) is 0 Å². The number of aryl methyl sites for hydroxylation is 2. The molecule has 1 N–H and O–H groups in total. The average Bonchev–Trinajstić information content (AvgIpc) is 2.16. The second-order valence-electron chi connectivity index (χ2n) is 4.06. The molecule has 0 amide bonds. The quantitative estimate of drug-likeness (QED) is 0.702. The Balaban J connectivity index is 2.46. The first-order valence-corrected chi connectivity index (χ1v) is 5.06. The number of rotatable bonds is 0. The number of ether oxygens (including phenoxy) is 1. The predicted molar refractivity (Wildman–Crippen MR) is 59.0 cm³/mol. The Labute approximate surface area is 89.7 Å². The molecule has 1 aliphatic heterocycles. The molecule has 0 spiro atoms. The Bertz CT molecular complexity index is 434. The van der Waals surface area contributed by atoms with Crippen molar-refractivity contribution >= 4 is 5.69 Å². The minimum Gasteiger partial charge on any atom is -0.471 e. The lowest BCUT2D eigenvalue weighted by atomic mass is 10.1. The Kier molecular flexibility index (Phi) is 2.28. The third kappa shape index (κ3) is 1.63. The van der Waals surface area contributed by atoms with Crippen LogP contribution in [0.15, 0.2) is 12.1 Å². The third-order valence-corrected chi connectivity index (χ3v) is 2.63. The van der Waals surface area contributed by atoms with Crippen LogP contribution in [0.2, 0.25) is 0 Å². The molecule has 0 bridgehead atoms. The van der Waals surface area contributed by atoms with Crippen LogP contribution in [0.1, 0.15) is 18.1 Å². The summed E-state index contributed by atoms with van der Waals surface area (Å²) in [6.45, 7) is 6.00. The van der Waals surface area contributed by atoms with E-state index in [2.05, 4.69) is 24.4 Å². The van der Waals surface area contributed by atoms with Gasteiger partial charge in [-0.05, 0) is 38.0 Å². The van der Waals surface area contributed by atoms with Gasteiger partial charge in [0.2, 0.25) is 6.10 Å². The smallest absolute Gasteiger partial charge is 0.204 e. The Hall–Kier alpha value is -1.69. The molecule has 0 saturated heterocycles. The summed E-state index contributed by atoms with van der Waals surface area (Å²) in [4.78, 5) is 0.